The first-order valence-electron chi connectivity index (χ1n) is 7.20. The average Bonchev–Trinajstić information content (AvgIpc) is 2.45. The van der Waals surface area contributed by atoms with Crippen molar-refractivity contribution in [3.8, 4) is 0 Å². The highest BCUT2D eigenvalue weighted by molar-refractivity contribution is 6.31. The lowest BCUT2D eigenvalue weighted by molar-refractivity contribution is 0.424. The minimum absolute atomic E-state index is 0.0573. The van der Waals surface area contributed by atoms with Gasteiger partial charge in [-0.3, -0.25) is 0 Å². The van der Waals surface area contributed by atoms with E-state index in [2.05, 4.69) is 56.2 Å². The van der Waals surface area contributed by atoms with Crippen LogP contribution >= 0.6 is 11.6 Å². The second kappa shape index (κ2) is 6.50. The molecule has 0 bridgehead atoms. The van der Waals surface area contributed by atoms with E-state index in [4.69, 9.17) is 11.6 Å². The quantitative estimate of drug-likeness (QED) is 0.855. The first-order valence-corrected chi connectivity index (χ1v) is 7.57. The van der Waals surface area contributed by atoms with E-state index in [1.54, 1.807) is 0 Å². The van der Waals surface area contributed by atoms with Gasteiger partial charge in [0, 0.05) is 41.1 Å². The van der Waals surface area contributed by atoms with Crippen molar-refractivity contribution in [2.75, 3.05) is 11.9 Å². The predicted octanol–water partition coefficient (Wildman–Crippen LogP) is 5.00. The summed E-state index contributed by atoms with van der Waals surface area (Å²) in [6, 6.07) is 16.4. The Morgan fingerprint density at radius 1 is 1.00 bits per heavy atom. The summed E-state index contributed by atoms with van der Waals surface area (Å²) in [6.45, 7) is 7.22. The van der Waals surface area contributed by atoms with E-state index in [1.807, 2.05) is 30.3 Å². The van der Waals surface area contributed by atoms with Crippen LogP contribution in [0.1, 0.15) is 26.3 Å². The fraction of sp³-hybridized carbons (Fsp3) is 0.333. The molecule has 2 rings (SSSR count). The number of hydrogen-bond donors (Lipinski definition) is 1. The first kappa shape index (κ1) is 15.9. The molecule has 0 amide bonds. The number of para-hydroxylation sites is 1. The molecule has 3 heteroatoms. The number of nitrogens with one attached hydrogen (secondary N) is 1. The summed E-state index contributed by atoms with van der Waals surface area (Å²) in [6.07, 6.45) is 0. The molecule has 0 atom stereocenters. The van der Waals surface area contributed by atoms with Gasteiger partial charge < -0.3 is 10.2 Å². The highest BCUT2D eigenvalue weighted by atomic mass is 35.5. The molecule has 0 aliphatic carbocycles. The molecule has 112 valence electrons. The van der Waals surface area contributed by atoms with Gasteiger partial charge in [-0.05, 0) is 45.0 Å². The maximum absolute atomic E-state index is 6.42. The minimum atomic E-state index is 0.0573. The van der Waals surface area contributed by atoms with Gasteiger partial charge in [-0.2, -0.15) is 0 Å². The lowest BCUT2D eigenvalue weighted by Gasteiger charge is -2.26. The van der Waals surface area contributed by atoms with Crippen LogP contribution in [-0.2, 0) is 6.54 Å². The van der Waals surface area contributed by atoms with Crippen molar-refractivity contribution in [3.63, 3.8) is 0 Å². The number of rotatable bonds is 4. The molecule has 0 saturated heterocycles. The molecule has 21 heavy (non-hydrogen) atoms. The number of nitrogens with zero attached hydrogens (tertiary/aromatic N) is 1. The average molecular weight is 303 g/mol. The SMILES string of the molecule is CN(c1ccccc1)c1cccc(Cl)c1CNC(C)(C)C. The minimum Gasteiger partial charge on any atom is -0.344 e. The molecule has 0 aromatic heterocycles. The second-order valence-electron chi connectivity index (χ2n) is 6.24. The largest absolute Gasteiger partial charge is 0.344 e. The summed E-state index contributed by atoms with van der Waals surface area (Å²) in [5.74, 6) is 0. The summed E-state index contributed by atoms with van der Waals surface area (Å²) >= 11 is 6.42. The summed E-state index contributed by atoms with van der Waals surface area (Å²) in [4.78, 5) is 2.17. The van der Waals surface area contributed by atoms with Crippen molar-refractivity contribution >= 4 is 23.0 Å². The zero-order valence-corrected chi connectivity index (χ0v) is 13.9. The standard InChI is InChI=1S/C18H23ClN2/c1-18(2,3)20-13-15-16(19)11-8-12-17(15)21(4)14-9-6-5-7-10-14/h5-12,20H,13H2,1-4H3. The topological polar surface area (TPSA) is 15.3 Å². The summed E-state index contributed by atoms with van der Waals surface area (Å²) < 4.78 is 0. The Kier molecular flexibility index (Phi) is 4.92. The van der Waals surface area contributed by atoms with Gasteiger partial charge in [-0.25, -0.2) is 0 Å². The molecule has 0 heterocycles. The van der Waals surface area contributed by atoms with Crippen LogP contribution in [-0.4, -0.2) is 12.6 Å². The Balaban J connectivity index is 2.33. The molecule has 0 saturated carbocycles. The van der Waals surface area contributed by atoms with E-state index < -0.39 is 0 Å². The van der Waals surface area contributed by atoms with Crippen LogP contribution in [0.5, 0.6) is 0 Å². The van der Waals surface area contributed by atoms with E-state index in [9.17, 15) is 0 Å². The Hall–Kier alpha value is -1.51. The van der Waals surface area contributed by atoms with Gasteiger partial charge in [0.25, 0.3) is 0 Å². The monoisotopic (exact) mass is 302 g/mol. The van der Waals surface area contributed by atoms with Crippen LogP contribution in [0.2, 0.25) is 5.02 Å². The van der Waals surface area contributed by atoms with Gasteiger partial charge in [-0.1, -0.05) is 35.9 Å². The number of anilines is 2. The summed E-state index contributed by atoms with van der Waals surface area (Å²) in [7, 11) is 2.07. The van der Waals surface area contributed by atoms with Crippen molar-refractivity contribution in [1.82, 2.24) is 5.32 Å². The molecular weight excluding hydrogens is 280 g/mol. The smallest absolute Gasteiger partial charge is 0.0471 e. The summed E-state index contributed by atoms with van der Waals surface area (Å²) in [5.41, 5.74) is 3.46. The Morgan fingerprint density at radius 3 is 2.29 bits per heavy atom. The van der Waals surface area contributed by atoms with Crippen molar-refractivity contribution in [2.45, 2.75) is 32.9 Å². The highest BCUT2D eigenvalue weighted by Gasteiger charge is 2.15. The van der Waals surface area contributed by atoms with Crippen molar-refractivity contribution in [1.29, 1.82) is 0 Å². The fourth-order valence-corrected chi connectivity index (χ4v) is 2.42. The first-order chi connectivity index (χ1) is 9.88. The third-order valence-corrected chi connectivity index (χ3v) is 3.75. The molecule has 0 aliphatic heterocycles. The molecule has 0 aliphatic rings. The number of hydrogen-bond acceptors (Lipinski definition) is 2. The molecule has 2 aromatic carbocycles. The van der Waals surface area contributed by atoms with Crippen LogP contribution < -0.4 is 10.2 Å². The van der Waals surface area contributed by atoms with Crippen molar-refractivity contribution in [3.05, 3.63) is 59.1 Å². The molecule has 2 aromatic rings. The van der Waals surface area contributed by atoms with E-state index in [0.29, 0.717) is 0 Å². The molecule has 2 nitrogen and oxygen atoms in total. The maximum Gasteiger partial charge on any atom is 0.0471 e. The number of benzene rings is 2. The maximum atomic E-state index is 6.42. The second-order valence-corrected chi connectivity index (χ2v) is 6.64. The Labute approximate surface area is 132 Å². The third kappa shape index (κ3) is 4.23. The van der Waals surface area contributed by atoms with Crippen LogP contribution in [0.3, 0.4) is 0 Å². The van der Waals surface area contributed by atoms with Gasteiger partial charge in [-0.15, -0.1) is 0 Å². The molecule has 0 fully saturated rings. The van der Waals surface area contributed by atoms with Gasteiger partial charge >= 0.3 is 0 Å². The molecular formula is C18H23ClN2. The van der Waals surface area contributed by atoms with E-state index in [-0.39, 0.29) is 5.54 Å². The highest BCUT2D eigenvalue weighted by Crippen LogP contribution is 2.31. The van der Waals surface area contributed by atoms with Crippen molar-refractivity contribution in [2.24, 2.45) is 0 Å². The zero-order valence-electron chi connectivity index (χ0n) is 13.2. The molecule has 1 N–H and O–H groups in total. The van der Waals surface area contributed by atoms with Crippen LogP contribution in [0.25, 0.3) is 0 Å². The lowest BCUT2D eigenvalue weighted by Crippen LogP contribution is -2.35. The van der Waals surface area contributed by atoms with Gasteiger partial charge in [0.2, 0.25) is 0 Å². The summed E-state index contributed by atoms with van der Waals surface area (Å²) in [5, 5.41) is 4.31. The van der Waals surface area contributed by atoms with Gasteiger partial charge in [0.05, 0.1) is 0 Å². The number of halogens is 1. The van der Waals surface area contributed by atoms with Crippen LogP contribution in [0.15, 0.2) is 48.5 Å². The lowest BCUT2D eigenvalue weighted by atomic mass is 10.1. The molecule has 0 spiro atoms. The Bertz CT molecular complexity index is 588. The van der Waals surface area contributed by atoms with E-state index >= 15 is 0 Å². The van der Waals surface area contributed by atoms with Crippen LogP contribution in [0, 0.1) is 0 Å². The normalized spacial score (nSPS) is 11.5. The van der Waals surface area contributed by atoms with E-state index in [0.717, 1.165) is 28.5 Å². The van der Waals surface area contributed by atoms with Gasteiger partial charge in [0.1, 0.15) is 0 Å². The van der Waals surface area contributed by atoms with Crippen LogP contribution in [0.4, 0.5) is 11.4 Å². The predicted molar refractivity (Wildman–Crippen MR) is 92.5 cm³/mol. The van der Waals surface area contributed by atoms with Gasteiger partial charge in [0.15, 0.2) is 0 Å². The fourth-order valence-electron chi connectivity index (χ4n) is 2.18. The molecule has 0 unspecified atom stereocenters. The third-order valence-electron chi connectivity index (χ3n) is 3.39. The Morgan fingerprint density at radius 2 is 1.67 bits per heavy atom. The zero-order chi connectivity index (χ0) is 15.5. The van der Waals surface area contributed by atoms with E-state index in [1.165, 1.54) is 0 Å². The molecule has 0 radical (unpaired) electrons. The van der Waals surface area contributed by atoms with Crippen molar-refractivity contribution < 1.29 is 0 Å².